The second kappa shape index (κ2) is 46.0. The number of ketones is 1. The maximum atomic E-state index is 15.2. The largest absolute Gasteiger partial charge is 0.508 e. The van der Waals surface area contributed by atoms with E-state index in [9.17, 15) is 67.4 Å². The average Bonchev–Trinajstić information content (AvgIpc) is 1.72. The van der Waals surface area contributed by atoms with Crippen LogP contribution in [0.2, 0.25) is 0 Å². The first kappa shape index (κ1) is 95.6. The molecule has 0 unspecified atom stereocenters. The van der Waals surface area contributed by atoms with E-state index in [0.29, 0.717) is 42.1 Å². The number of hydrogen-bond acceptors (Lipinski definition) is 20. The average molecular weight is 1640 g/mol. The molecule has 2 heterocycles. The number of aromatic nitrogens is 1. The Morgan fingerprint density at radius 1 is 0.542 bits per heavy atom. The molecule has 0 saturated carbocycles. The van der Waals surface area contributed by atoms with Crippen molar-refractivity contribution in [2.45, 2.75) is 226 Å². The number of hydrogen-bond donors (Lipinski definition) is 17. The number of aldehydes is 2. The number of likely N-dealkylation sites (tertiary alicyclic amines) is 1. The Bertz CT molecular complexity index is 4260. The number of benzene rings is 4. The van der Waals surface area contributed by atoms with Gasteiger partial charge in [-0.2, -0.15) is 0 Å². The van der Waals surface area contributed by atoms with Crippen molar-refractivity contribution in [3.05, 3.63) is 138 Å². The SMILES string of the molecule is CC[C@@H](C)[C@H](N)C(=O)[C@H](NC(=O)[C@H](C)[C@H](Cc1ccccc1)NC(=O)[C@H](C)NC(=O)CNC(=O)[C@H]1CCCN1C(=O)[C@@H](NC(=O)[C@H](Cc1ccccc1)[C@H](C)NC(=O)[C@@H](NC(=O)[C@H](C)[C@H](CC(C)C)NC(=O)[C@H](C)N)N[C@@H](C=O)Cc1c[nH]c2ccccc12)N[C@@H](C=O)C(C)C)C(=O)N[C@@H](C)[C@@H](Cc1ccc(O)cc1)C(=O)N[C@@H](C)C(N)=O. The molecular formula is C85H121N17O16. The van der Waals surface area contributed by atoms with Crippen LogP contribution in [0.4, 0.5) is 0 Å². The number of phenolic OH excluding ortho intramolecular Hbond substituents is 1. The lowest BCUT2D eigenvalue weighted by molar-refractivity contribution is -0.143. The van der Waals surface area contributed by atoms with E-state index in [4.69, 9.17) is 17.2 Å². The molecule has 118 heavy (non-hydrogen) atoms. The Morgan fingerprint density at radius 3 is 1.65 bits per heavy atom. The molecule has 4 aromatic carbocycles. The van der Waals surface area contributed by atoms with E-state index >= 15 is 9.59 Å². The summed E-state index contributed by atoms with van der Waals surface area (Å²) in [5.74, 6) is -15.8. The van der Waals surface area contributed by atoms with Crippen LogP contribution < -0.4 is 81.0 Å². The number of Topliss-reactive ketones (excluding diaryl/α,β-unsaturated/α-hetero) is 1. The number of para-hydroxylation sites is 1. The molecule has 1 saturated heterocycles. The van der Waals surface area contributed by atoms with Crippen LogP contribution >= 0.6 is 0 Å². The molecule has 12 amide bonds. The molecule has 0 bridgehead atoms. The molecule has 6 rings (SSSR count). The molecule has 1 aliphatic rings. The Balaban J connectivity index is 1.19. The zero-order valence-electron chi connectivity index (χ0n) is 69.6. The van der Waals surface area contributed by atoms with Crippen molar-refractivity contribution in [3.8, 4) is 5.75 Å². The fraction of sp³-hybridized carbons (Fsp3) is 0.518. The molecule has 1 aromatic heterocycles. The molecule has 642 valence electrons. The van der Waals surface area contributed by atoms with Crippen LogP contribution in [0.15, 0.2) is 115 Å². The summed E-state index contributed by atoms with van der Waals surface area (Å²) in [5, 5.41) is 43.8. The van der Waals surface area contributed by atoms with Crippen LogP contribution in [0.25, 0.3) is 10.9 Å². The summed E-state index contributed by atoms with van der Waals surface area (Å²) in [6.45, 7) is 20.3. The van der Waals surface area contributed by atoms with Crippen molar-refractivity contribution < 1.29 is 77.0 Å². The van der Waals surface area contributed by atoms with Gasteiger partial charge in [-0.1, -0.05) is 153 Å². The lowest BCUT2D eigenvalue weighted by Crippen LogP contribution is -2.64. The minimum atomic E-state index is -1.94. The molecule has 5 aromatic rings. The summed E-state index contributed by atoms with van der Waals surface area (Å²) >= 11 is 0. The summed E-state index contributed by atoms with van der Waals surface area (Å²) in [4.78, 5) is 215. The third-order valence-corrected chi connectivity index (χ3v) is 21.6. The number of nitrogens with two attached hydrogens (primary N) is 3. The molecular weight excluding hydrogens is 1520 g/mol. The van der Waals surface area contributed by atoms with Gasteiger partial charge in [0.15, 0.2) is 24.2 Å². The van der Waals surface area contributed by atoms with Crippen LogP contribution in [0.5, 0.6) is 5.75 Å². The Labute approximate surface area is 689 Å². The van der Waals surface area contributed by atoms with Gasteiger partial charge in [0.05, 0.1) is 54.4 Å². The first-order chi connectivity index (χ1) is 55.9. The first-order valence-corrected chi connectivity index (χ1v) is 40.3. The van der Waals surface area contributed by atoms with Gasteiger partial charge in [0.2, 0.25) is 53.2 Å². The molecule has 33 nitrogen and oxygen atoms in total. The van der Waals surface area contributed by atoms with Crippen molar-refractivity contribution >= 4 is 100 Å². The standard InChI is InChI=1S/C85H121N17O16/c1-14-47(6)70(87)72(107)71(83(116)92-51(10)62(80(113)94-53(12)73(88)108)38-57-31-33-60(105)34-32-57)99-76(109)49(8)66(39-56-26-19-16-20-27-56)98-79(112)54(13)91-69(106)42-90-82(115)68-30-23-35-102(68)85(118)75(96-67(44-104)46(4)5)101-81(114)63(37-55-24-17-15-18-25-55)52(11)93-84(117)74(95-59(43-103)40-58-41-89-64-29-22-21-28-61(58)64)100-77(110)48(7)65(36-45(2)3)97-78(111)50(9)86/h15-22,24-29,31-34,41,43-54,59,62-63,65-68,70-71,74-75,89,95-96,105H,14,23,30,35-40,42,86-87H2,1-13H3,(H2,88,108)(H,90,115)(H,91,106)(H,92,116)(H,93,117)(H,94,113)(H,97,111)(H,98,112)(H,99,109)(H,100,110)(H,101,114)/t47-,48-,49-,50+,51+,52+,53+,54+,59-,62-,63-,65+,66+,67+,68-,70+,71+,74-,75-/m1/s1. The topological polar surface area (TPSA) is 518 Å². The van der Waals surface area contributed by atoms with Gasteiger partial charge in [-0.15, -0.1) is 0 Å². The van der Waals surface area contributed by atoms with Crippen molar-refractivity contribution in [2.24, 2.45) is 58.6 Å². The zero-order valence-corrected chi connectivity index (χ0v) is 69.6. The molecule has 0 spiro atoms. The van der Waals surface area contributed by atoms with Gasteiger partial charge in [-0.05, 0) is 138 Å². The van der Waals surface area contributed by atoms with Gasteiger partial charge < -0.3 is 94.9 Å². The Morgan fingerprint density at radius 2 is 1.08 bits per heavy atom. The molecule has 20 N–H and O–H groups in total. The summed E-state index contributed by atoms with van der Waals surface area (Å²) in [5.41, 5.74) is 21.2. The quantitative estimate of drug-likeness (QED) is 0.0146. The highest BCUT2D eigenvalue weighted by Crippen LogP contribution is 2.25. The monoisotopic (exact) mass is 1640 g/mol. The number of phenols is 1. The van der Waals surface area contributed by atoms with Gasteiger partial charge in [0.25, 0.3) is 17.7 Å². The van der Waals surface area contributed by atoms with E-state index in [2.05, 4.69) is 68.8 Å². The first-order valence-electron chi connectivity index (χ1n) is 40.3. The molecule has 19 atom stereocenters. The van der Waals surface area contributed by atoms with Gasteiger partial charge in [-0.3, -0.25) is 73.0 Å². The molecule has 0 radical (unpaired) electrons. The number of rotatable bonds is 47. The zero-order chi connectivity index (χ0) is 87.4. The minimum Gasteiger partial charge on any atom is -0.508 e. The highest BCUT2D eigenvalue weighted by Gasteiger charge is 2.43. The van der Waals surface area contributed by atoms with Crippen LogP contribution in [-0.4, -0.2) is 202 Å². The number of nitrogens with zero attached hydrogens (tertiary/aromatic N) is 1. The van der Waals surface area contributed by atoms with E-state index < -0.39 is 204 Å². The van der Waals surface area contributed by atoms with Gasteiger partial charge in [-0.25, -0.2) is 0 Å². The van der Waals surface area contributed by atoms with Crippen molar-refractivity contribution in [1.29, 1.82) is 0 Å². The minimum absolute atomic E-state index is 0.00187. The molecule has 0 aliphatic carbocycles. The Kier molecular flexibility index (Phi) is 37.3. The number of H-pyrrole nitrogens is 1. The number of carbonyl (C=O) groups excluding carboxylic acids is 15. The highest BCUT2D eigenvalue weighted by molar-refractivity contribution is 6.10. The molecule has 1 fully saturated rings. The van der Waals surface area contributed by atoms with E-state index in [1.54, 1.807) is 121 Å². The predicted octanol–water partition coefficient (Wildman–Crippen LogP) is 0.905. The molecule has 1 aliphatic heterocycles. The van der Waals surface area contributed by atoms with Gasteiger partial charge in [0, 0.05) is 47.8 Å². The van der Waals surface area contributed by atoms with Crippen molar-refractivity contribution in [3.63, 3.8) is 0 Å². The van der Waals surface area contributed by atoms with E-state index in [0.717, 1.165) is 16.5 Å². The van der Waals surface area contributed by atoms with Crippen LogP contribution in [-0.2, 0) is 97.6 Å². The third kappa shape index (κ3) is 28.2. The predicted molar refractivity (Wildman–Crippen MR) is 443 cm³/mol. The van der Waals surface area contributed by atoms with Crippen LogP contribution in [0.3, 0.4) is 0 Å². The lowest BCUT2D eigenvalue weighted by atomic mass is 9.89. The fourth-order valence-electron chi connectivity index (χ4n) is 13.8. The van der Waals surface area contributed by atoms with E-state index in [1.165, 1.54) is 51.7 Å². The van der Waals surface area contributed by atoms with Gasteiger partial charge in [0.1, 0.15) is 36.4 Å². The normalized spacial score (nSPS) is 17.3. The fourth-order valence-corrected chi connectivity index (χ4v) is 13.8. The van der Waals surface area contributed by atoms with Crippen molar-refractivity contribution in [1.82, 2.24) is 73.7 Å². The second-order valence-electron chi connectivity index (χ2n) is 31.8. The summed E-state index contributed by atoms with van der Waals surface area (Å²) < 4.78 is 0. The highest BCUT2D eigenvalue weighted by atomic mass is 16.3. The van der Waals surface area contributed by atoms with E-state index in [-0.39, 0.29) is 56.7 Å². The van der Waals surface area contributed by atoms with Crippen LogP contribution in [0, 0.1) is 41.4 Å². The van der Waals surface area contributed by atoms with Crippen molar-refractivity contribution in [2.75, 3.05) is 13.1 Å². The number of nitrogens with one attached hydrogen (secondary N) is 13. The number of primary amides is 1. The van der Waals surface area contributed by atoms with E-state index in [1.807, 2.05) is 38.1 Å². The lowest BCUT2D eigenvalue weighted by Gasteiger charge is -2.33. The smallest absolute Gasteiger partial charge is 0.260 e. The summed E-state index contributed by atoms with van der Waals surface area (Å²) in [6.07, 6.45) is 0.740. The number of aromatic hydroxyl groups is 1. The van der Waals surface area contributed by atoms with Gasteiger partial charge >= 0.3 is 0 Å². The maximum Gasteiger partial charge on any atom is 0.260 e. The summed E-state index contributed by atoms with van der Waals surface area (Å²) in [7, 11) is 0. The summed E-state index contributed by atoms with van der Waals surface area (Å²) in [6, 6.07) is 16.9. The van der Waals surface area contributed by atoms with Crippen LogP contribution in [0.1, 0.15) is 138 Å². The Hall–Kier alpha value is -11.3. The number of carbonyl (C=O) groups is 15. The third-order valence-electron chi connectivity index (χ3n) is 21.6. The maximum absolute atomic E-state index is 15.2. The number of amides is 12. The number of aromatic amines is 1. The number of fused-ring (bicyclic) bond motifs is 1. The second-order valence-corrected chi connectivity index (χ2v) is 31.8. The molecule has 33 heteroatoms.